The summed E-state index contributed by atoms with van der Waals surface area (Å²) in [6.45, 7) is 2.91. The molecule has 1 unspecified atom stereocenters. The van der Waals surface area contributed by atoms with Gasteiger partial charge in [-0.3, -0.25) is 10.1 Å². The van der Waals surface area contributed by atoms with E-state index >= 15 is 0 Å². The van der Waals surface area contributed by atoms with Crippen molar-refractivity contribution in [3.05, 3.63) is 28.3 Å². The average Bonchev–Trinajstić information content (AvgIpc) is 2.63. The molecule has 1 aromatic rings. The van der Waals surface area contributed by atoms with Crippen molar-refractivity contribution < 1.29 is 18.1 Å². The zero-order valence-corrected chi connectivity index (χ0v) is 12.4. The molecular weight excluding hydrogens is 298 g/mol. The van der Waals surface area contributed by atoms with Crippen molar-refractivity contribution in [2.75, 3.05) is 25.4 Å². The molecule has 1 fully saturated rings. The van der Waals surface area contributed by atoms with Gasteiger partial charge >= 0.3 is 0 Å². The summed E-state index contributed by atoms with van der Waals surface area (Å²) in [4.78, 5) is 10.0. The summed E-state index contributed by atoms with van der Waals surface area (Å²) in [6, 6.07) is 3.45. The average molecular weight is 315 g/mol. The van der Waals surface area contributed by atoms with Crippen LogP contribution < -0.4 is 5.73 Å². The van der Waals surface area contributed by atoms with Gasteiger partial charge in [0.15, 0.2) is 0 Å². The van der Waals surface area contributed by atoms with Crippen molar-refractivity contribution in [2.24, 2.45) is 0 Å². The van der Waals surface area contributed by atoms with Crippen LogP contribution in [-0.2, 0) is 14.8 Å². The van der Waals surface area contributed by atoms with Crippen molar-refractivity contribution >= 4 is 21.4 Å². The first-order chi connectivity index (χ1) is 9.82. The molecule has 2 rings (SSSR count). The van der Waals surface area contributed by atoms with Crippen LogP contribution in [0.25, 0.3) is 0 Å². The topological polar surface area (TPSA) is 116 Å². The zero-order valence-electron chi connectivity index (χ0n) is 11.6. The lowest BCUT2D eigenvalue weighted by Gasteiger charge is -2.21. The highest BCUT2D eigenvalue weighted by Crippen LogP contribution is 2.27. The van der Waals surface area contributed by atoms with Crippen LogP contribution in [0.15, 0.2) is 23.1 Å². The Hall–Kier alpha value is -1.71. The van der Waals surface area contributed by atoms with E-state index in [1.807, 2.05) is 0 Å². The van der Waals surface area contributed by atoms with Crippen LogP contribution in [0.5, 0.6) is 0 Å². The summed E-state index contributed by atoms with van der Waals surface area (Å²) in [5.74, 6) is 0. The summed E-state index contributed by atoms with van der Waals surface area (Å²) >= 11 is 0. The van der Waals surface area contributed by atoms with E-state index in [2.05, 4.69) is 0 Å². The Morgan fingerprint density at radius 3 is 2.81 bits per heavy atom. The summed E-state index contributed by atoms with van der Waals surface area (Å²) in [6.07, 6.45) is 0.407. The Morgan fingerprint density at radius 2 is 2.19 bits per heavy atom. The minimum Gasteiger partial charge on any atom is -0.393 e. The molecule has 0 amide bonds. The highest BCUT2D eigenvalue weighted by Gasteiger charge is 2.29. The number of rotatable bonds is 3. The maximum absolute atomic E-state index is 12.6. The molecular formula is C12H17N3O5S. The van der Waals surface area contributed by atoms with Gasteiger partial charge < -0.3 is 10.5 Å². The Labute approximate surface area is 122 Å². The normalized spacial score (nSPS) is 20.9. The summed E-state index contributed by atoms with van der Waals surface area (Å²) in [5, 5.41) is 10.7. The van der Waals surface area contributed by atoms with Gasteiger partial charge in [-0.05, 0) is 25.5 Å². The Morgan fingerprint density at radius 1 is 1.48 bits per heavy atom. The van der Waals surface area contributed by atoms with Gasteiger partial charge in [0, 0.05) is 25.8 Å². The van der Waals surface area contributed by atoms with Crippen LogP contribution in [0.2, 0.25) is 0 Å². The second kappa shape index (κ2) is 5.96. The van der Waals surface area contributed by atoms with E-state index in [-0.39, 0.29) is 28.9 Å². The third-order valence-corrected chi connectivity index (χ3v) is 5.11. The second-order valence-electron chi connectivity index (χ2n) is 4.88. The number of nitrogens with two attached hydrogens (primary N) is 1. The molecule has 1 aromatic carbocycles. The van der Waals surface area contributed by atoms with Crippen LogP contribution in [0.4, 0.5) is 11.4 Å². The quantitative estimate of drug-likeness (QED) is 0.505. The predicted octanol–water partition coefficient (Wildman–Crippen LogP) is 0.977. The number of hydrogen-bond acceptors (Lipinski definition) is 6. The molecule has 0 spiro atoms. The molecule has 1 aliphatic rings. The van der Waals surface area contributed by atoms with E-state index in [0.717, 1.165) is 12.1 Å². The van der Waals surface area contributed by atoms with E-state index in [0.29, 0.717) is 19.6 Å². The maximum atomic E-state index is 12.6. The van der Waals surface area contributed by atoms with Crippen molar-refractivity contribution in [1.82, 2.24) is 4.31 Å². The molecule has 1 heterocycles. The van der Waals surface area contributed by atoms with E-state index in [9.17, 15) is 18.5 Å². The van der Waals surface area contributed by atoms with Gasteiger partial charge in [-0.15, -0.1) is 0 Å². The number of sulfonamides is 1. The lowest BCUT2D eigenvalue weighted by atomic mass is 10.3. The molecule has 9 heteroatoms. The molecule has 116 valence electrons. The van der Waals surface area contributed by atoms with Crippen molar-refractivity contribution in [3.8, 4) is 0 Å². The van der Waals surface area contributed by atoms with Crippen LogP contribution in [0.1, 0.15) is 13.3 Å². The SMILES string of the molecule is CC1CN(S(=O)(=O)c2ccc([N+](=O)[O-])c(N)c2)CCCO1. The van der Waals surface area contributed by atoms with Gasteiger partial charge in [0.2, 0.25) is 10.0 Å². The largest absolute Gasteiger partial charge is 0.393 e. The molecule has 0 bridgehead atoms. The zero-order chi connectivity index (χ0) is 15.6. The number of ether oxygens (including phenoxy) is 1. The first kappa shape index (κ1) is 15.7. The number of nitrogens with zero attached hydrogens (tertiary/aromatic N) is 2. The summed E-state index contributed by atoms with van der Waals surface area (Å²) < 4.78 is 31.9. The third-order valence-electron chi connectivity index (χ3n) is 3.25. The van der Waals surface area contributed by atoms with E-state index in [1.165, 1.54) is 10.4 Å². The Balaban J connectivity index is 2.34. The number of nitrogen functional groups attached to an aromatic ring is 1. The van der Waals surface area contributed by atoms with Gasteiger partial charge in [0.1, 0.15) is 5.69 Å². The molecule has 0 radical (unpaired) electrons. The lowest BCUT2D eigenvalue weighted by Crippen LogP contribution is -2.35. The van der Waals surface area contributed by atoms with Crippen molar-refractivity contribution in [3.63, 3.8) is 0 Å². The van der Waals surface area contributed by atoms with Crippen LogP contribution in [0.3, 0.4) is 0 Å². The molecule has 21 heavy (non-hydrogen) atoms. The maximum Gasteiger partial charge on any atom is 0.292 e. The highest BCUT2D eigenvalue weighted by atomic mass is 32.2. The fourth-order valence-corrected chi connectivity index (χ4v) is 3.77. The van der Waals surface area contributed by atoms with Crippen LogP contribution in [0, 0.1) is 10.1 Å². The van der Waals surface area contributed by atoms with Gasteiger partial charge in [-0.1, -0.05) is 0 Å². The lowest BCUT2D eigenvalue weighted by molar-refractivity contribution is -0.383. The molecule has 2 N–H and O–H groups in total. The molecule has 0 saturated carbocycles. The molecule has 0 aliphatic carbocycles. The fourth-order valence-electron chi connectivity index (χ4n) is 2.18. The second-order valence-corrected chi connectivity index (χ2v) is 6.81. The number of nitro benzene ring substituents is 1. The summed E-state index contributed by atoms with van der Waals surface area (Å²) in [7, 11) is -3.73. The third kappa shape index (κ3) is 3.31. The van der Waals surface area contributed by atoms with Gasteiger partial charge in [0.25, 0.3) is 5.69 Å². The molecule has 1 atom stereocenters. The van der Waals surface area contributed by atoms with Crippen molar-refractivity contribution in [2.45, 2.75) is 24.3 Å². The monoisotopic (exact) mass is 315 g/mol. The standard InChI is InChI=1S/C12H17N3O5S/c1-9-8-14(5-2-6-20-9)21(18,19)10-3-4-12(15(16)17)11(13)7-10/h3-4,7,9H,2,5-6,8,13H2,1H3. The van der Waals surface area contributed by atoms with E-state index in [4.69, 9.17) is 10.5 Å². The predicted molar refractivity (Wildman–Crippen MR) is 76.3 cm³/mol. The molecule has 8 nitrogen and oxygen atoms in total. The first-order valence-electron chi connectivity index (χ1n) is 6.48. The number of nitro groups is 1. The van der Waals surface area contributed by atoms with Gasteiger partial charge in [-0.2, -0.15) is 4.31 Å². The van der Waals surface area contributed by atoms with Crippen molar-refractivity contribution in [1.29, 1.82) is 0 Å². The summed E-state index contributed by atoms with van der Waals surface area (Å²) in [5.41, 5.74) is 5.09. The highest BCUT2D eigenvalue weighted by molar-refractivity contribution is 7.89. The number of anilines is 1. The van der Waals surface area contributed by atoms with Gasteiger partial charge in [0.05, 0.1) is 15.9 Å². The smallest absolute Gasteiger partial charge is 0.292 e. The van der Waals surface area contributed by atoms with Gasteiger partial charge in [-0.25, -0.2) is 8.42 Å². The number of hydrogen-bond donors (Lipinski definition) is 1. The molecule has 1 saturated heterocycles. The Bertz CT molecular complexity index is 646. The fraction of sp³-hybridized carbons (Fsp3) is 0.500. The first-order valence-corrected chi connectivity index (χ1v) is 7.92. The minimum absolute atomic E-state index is 0.0419. The van der Waals surface area contributed by atoms with Crippen LogP contribution >= 0.6 is 0 Å². The van der Waals surface area contributed by atoms with E-state index in [1.54, 1.807) is 6.92 Å². The number of benzene rings is 1. The molecule has 1 aliphatic heterocycles. The minimum atomic E-state index is -3.73. The van der Waals surface area contributed by atoms with E-state index < -0.39 is 14.9 Å². The molecule has 0 aromatic heterocycles. The Kier molecular flexibility index (Phi) is 4.45. The van der Waals surface area contributed by atoms with Crippen LogP contribution in [-0.4, -0.2) is 43.4 Å².